The lowest BCUT2D eigenvalue weighted by atomic mass is 9.97. The summed E-state index contributed by atoms with van der Waals surface area (Å²) in [6.07, 6.45) is -7.05. The van der Waals surface area contributed by atoms with Crippen LogP contribution in [-0.2, 0) is 4.79 Å². The molecular weight excluding hydrogens is 592 g/mol. The molecule has 0 spiro atoms. The monoisotopic (exact) mass is 606 g/mol. The molecule has 200 valence electrons. The first-order chi connectivity index (χ1) is 17.0. The summed E-state index contributed by atoms with van der Waals surface area (Å²) in [4.78, 5) is 24.7. The standard InChI is InChI=1S/C23H16Cl4F6N2O2/c24-15-7-11(2-4-14(23(31,32)33)12-8-16(25)18(27)17(26)9-12)1-3-13(15)19(36)35-21(5-6-21)20(37)34-10-22(28,29)30/h1-4,7-9,14H,5-6,10H2,(H,34,37)(H,35,36)/b4-2+/t14-/m0/s1. The zero-order valence-electron chi connectivity index (χ0n) is 18.3. The van der Waals surface area contributed by atoms with Crippen molar-refractivity contribution in [3.8, 4) is 0 Å². The Morgan fingerprint density at radius 2 is 1.54 bits per heavy atom. The van der Waals surface area contributed by atoms with Crippen LogP contribution in [0.15, 0.2) is 36.4 Å². The van der Waals surface area contributed by atoms with E-state index in [1.807, 2.05) is 0 Å². The molecule has 1 atom stereocenters. The molecule has 0 radical (unpaired) electrons. The van der Waals surface area contributed by atoms with Gasteiger partial charge < -0.3 is 10.6 Å². The van der Waals surface area contributed by atoms with Crippen LogP contribution in [0.3, 0.4) is 0 Å². The molecule has 2 aromatic carbocycles. The number of halogens is 10. The number of allylic oxidation sites excluding steroid dienone is 1. The Morgan fingerprint density at radius 3 is 2.03 bits per heavy atom. The van der Waals surface area contributed by atoms with E-state index in [0.29, 0.717) is 0 Å². The Hall–Kier alpha value is -2.14. The summed E-state index contributed by atoms with van der Waals surface area (Å²) in [7, 11) is 0. The predicted molar refractivity (Wildman–Crippen MR) is 129 cm³/mol. The molecule has 1 aliphatic rings. The molecule has 1 saturated carbocycles. The Labute approximate surface area is 226 Å². The third-order valence-corrected chi connectivity index (χ3v) is 6.93. The summed E-state index contributed by atoms with van der Waals surface area (Å²) >= 11 is 23.7. The van der Waals surface area contributed by atoms with Crippen molar-refractivity contribution in [2.75, 3.05) is 6.54 Å². The lowest BCUT2D eigenvalue weighted by molar-refractivity contribution is -0.140. The molecule has 1 fully saturated rings. The number of alkyl halides is 6. The maximum absolute atomic E-state index is 13.7. The minimum Gasteiger partial charge on any atom is -0.345 e. The molecule has 0 heterocycles. The zero-order chi connectivity index (χ0) is 27.8. The van der Waals surface area contributed by atoms with Gasteiger partial charge in [-0.1, -0.05) is 64.6 Å². The van der Waals surface area contributed by atoms with Gasteiger partial charge in [-0.15, -0.1) is 0 Å². The Balaban J connectivity index is 1.76. The largest absolute Gasteiger partial charge is 0.405 e. The van der Waals surface area contributed by atoms with E-state index in [9.17, 15) is 35.9 Å². The first-order valence-electron chi connectivity index (χ1n) is 10.4. The fourth-order valence-corrected chi connectivity index (χ4v) is 4.25. The summed E-state index contributed by atoms with van der Waals surface area (Å²) in [6.45, 7) is -1.54. The number of rotatable bonds is 7. The molecule has 2 amide bonds. The number of benzene rings is 2. The average Bonchev–Trinajstić information content (AvgIpc) is 3.55. The van der Waals surface area contributed by atoms with Crippen molar-refractivity contribution in [1.29, 1.82) is 0 Å². The molecule has 4 nitrogen and oxygen atoms in total. The van der Waals surface area contributed by atoms with Crippen LogP contribution in [0.25, 0.3) is 6.08 Å². The highest BCUT2D eigenvalue weighted by Gasteiger charge is 2.52. The molecule has 14 heteroatoms. The molecule has 0 aliphatic heterocycles. The van der Waals surface area contributed by atoms with Gasteiger partial charge in [0.2, 0.25) is 5.91 Å². The summed E-state index contributed by atoms with van der Waals surface area (Å²) in [5.74, 6) is -3.89. The highest BCUT2D eigenvalue weighted by atomic mass is 35.5. The summed E-state index contributed by atoms with van der Waals surface area (Å²) in [5, 5.41) is 3.59. The number of carbonyl (C=O) groups excluding carboxylic acids is 2. The SMILES string of the molecule is O=C(NC1(C(=O)NCC(F)(F)F)CC1)c1ccc(/C=C/[C@@H](c2cc(Cl)c(Cl)c(Cl)c2)C(F)(F)F)cc1Cl. The molecule has 37 heavy (non-hydrogen) atoms. The fraction of sp³-hybridized carbons (Fsp3) is 0.304. The minimum atomic E-state index is -4.70. The van der Waals surface area contributed by atoms with Crippen LogP contribution in [0.4, 0.5) is 26.3 Å². The molecule has 0 saturated heterocycles. The topological polar surface area (TPSA) is 58.2 Å². The molecular formula is C23H16Cl4F6N2O2. The number of carbonyl (C=O) groups is 2. The third kappa shape index (κ3) is 7.46. The average molecular weight is 608 g/mol. The Morgan fingerprint density at radius 1 is 0.946 bits per heavy atom. The van der Waals surface area contributed by atoms with Crippen molar-refractivity contribution in [3.63, 3.8) is 0 Å². The zero-order valence-corrected chi connectivity index (χ0v) is 21.4. The van der Waals surface area contributed by atoms with Crippen LogP contribution < -0.4 is 10.6 Å². The molecule has 0 aromatic heterocycles. The number of hydrogen-bond acceptors (Lipinski definition) is 2. The van der Waals surface area contributed by atoms with E-state index in [4.69, 9.17) is 46.4 Å². The van der Waals surface area contributed by atoms with E-state index in [2.05, 4.69) is 5.32 Å². The predicted octanol–water partition coefficient (Wildman–Crippen LogP) is 7.60. The van der Waals surface area contributed by atoms with Gasteiger partial charge >= 0.3 is 12.4 Å². The Bertz CT molecular complexity index is 1220. The Kier molecular flexibility index (Phi) is 8.68. The number of amides is 2. The fourth-order valence-electron chi connectivity index (χ4n) is 3.36. The van der Waals surface area contributed by atoms with Crippen LogP contribution in [0, 0.1) is 0 Å². The van der Waals surface area contributed by atoms with Crippen LogP contribution in [-0.4, -0.2) is 36.3 Å². The second-order valence-electron chi connectivity index (χ2n) is 8.25. The maximum atomic E-state index is 13.7. The van der Waals surface area contributed by atoms with Gasteiger partial charge in [0, 0.05) is 0 Å². The van der Waals surface area contributed by atoms with Crippen LogP contribution in [0.5, 0.6) is 0 Å². The summed E-state index contributed by atoms with van der Waals surface area (Å²) in [5.41, 5.74) is -1.63. The van der Waals surface area contributed by atoms with Gasteiger partial charge in [0.05, 0.1) is 31.6 Å². The quantitative estimate of drug-likeness (QED) is 0.252. The van der Waals surface area contributed by atoms with E-state index in [-0.39, 0.29) is 49.6 Å². The second-order valence-corrected chi connectivity index (χ2v) is 9.85. The van der Waals surface area contributed by atoms with Crippen LogP contribution in [0.2, 0.25) is 20.1 Å². The first kappa shape index (κ1) is 29.4. The van der Waals surface area contributed by atoms with Gasteiger partial charge in [-0.2, -0.15) is 26.3 Å². The molecule has 1 aliphatic carbocycles. The van der Waals surface area contributed by atoms with Gasteiger partial charge in [-0.25, -0.2) is 0 Å². The third-order valence-electron chi connectivity index (χ3n) is 5.42. The van der Waals surface area contributed by atoms with Crippen molar-refractivity contribution in [2.24, 2.45) is 0 Å². The van der Waals surface area contributed by atoms with Gasteiger partial charge in [0.15, 0.2) is 0 Å². The molecule has 2 N–H and O–H groups in total. The lowest BCUT2D eigenvalue weighted by Gasteiger charge is -2.19. The van der Waals surface area contributed by atoms with E-state index >= 15 is 0 Å². The van der Waals surface area contributed by atoms with Crippen molar-refractivity contribution >= 4 is 64.3 Å². The number of nitrogens with one attached hydrogen (secondary N) is 2. The van der Waals surface area contributed by atoms with Crippen molar-refractivity contribution < 1.29 is 35.9 Å². The van der Waals surface area contributed by atoms with E-state index in [1.54, 1.807) is 5.32 Å². The number of hydrogen-bond donors (Lipinski definition) is 2. The highest BCUT2D eigenvalue weighted by molar-refractivity contribution is 6.48. The van der Waals surface area contributed by atoms with Gasteiger partial charge in [0.25, 0.3) is 5.91 Å². The van der Waals surface area contributed by atoms with E-state index in [0.717, 1.165) is 24.3 Å². The maximum Gasteiger partial charge on any atom is 0.405 e. The molecule has 0 unspecified atom stereocenters. The van der Waals surface area contributed by atoms with Gasteiger partial charge in [0.1, 0.15) is 12.1 Å². The van der Waals surface area contributed by atoms with Crippen molar-refractivity contribution in [2.45, 2.75) is 36.7 Å². The second kappa shape index (κ2) is 10.9. The van der Waals surface area contributed by atoms with E-state index in [1.165, 1.54) is 18.2 Å². The van der Waals surface area contributed by atoms with Gasteiger partial charge in [-0.3, -0.25) is 9.59 Å². The molecule has 0 bridgehead atoms. The molecule has 3 rings (SSSR count). The van der Waals surface area contributed by atoms with Crippen LogP contribution >= 0.6 is 46.4 Å². The van der Waals surface area contributed by atoms with Gasteiger partial charge in [-0.05, 0) is 48.2 Å². The smallest absolute Gasteiger partial charge is 0.345 e. The summed E-state index contributed by atoms with van der Waals surface area (Å²) in [6, 6.07) is 5.87. The van der Waals surface area contributed by atoms with Crippen molar-refractivity contribution in [1.82, 2.24) is 10.6 Å². The normalized spacial score (nSPS) is 15.9. The molecule has 2 aromatic rings. The lowest BCUT2D eigenvalue weighted by Crippen LogP contribution is -2.50. The minimum absolute atomic E-state index is 0.0801. The van der Waals surface area contributed by atoms with Crippen molar-refractivity contribution in [3.05, 3.63) is 73.2 Å². The van der Waals surface area contributed by atoms with Crippen LogP contribution in [0.1, 0.15) is 40.2 Å². The highest BCUT2D eigenvalue weighted by Crippen LogP contribution is 2.41. The summed E-state index contributed by atoms with van der Waals surface area (Å²) < 4.78 is 78.3. The first-order valence-corrected chi connectivity index (χ1v) is 11.9. The van der Waals surface area contributed by atoms with E-state index < -0.39 is 42.2 Å².